The van der Waals surface area contributed by atoms with Gasteiger partial charge in [0.05, 0.1) is 12.2 Å². The molecule has 2 heterocycles. The van der Waals surface area contributed by atoms with Crippen LogP contribution in [-0.2, 0) is 11.3 Å². The van der Waals surface area contributed by atoms with Crippen molar-refractivity contribution in [3.63, 3.8) is 0 Å². The fraction of sp³-hybridized carbons (Fsp3) is 0.750. The minimum atomic E-state index is 0.0974. The van der Waals surface area contributed by atoms with Gasteiger partial charge in [-0.1, -0.05) is 0 Å². The van der Waals surface area contributed by atoms with Crippen LogP contribution in [0.25, 0.3) is 0 Å². The van der Waals surface area contributed by atoms with Crippen molar-refractivity contribution in [3.8, 4) is 0 Å². The summed E-state index contributed by atoms with van der Waals surface area (Å²) < 4.78 is 5.76. The summed E-state index contributed by atoms with van der Waals surface area (Å²) in [6.45, 7) is 15.2. The molecule has 1 N–H and O–H groups in total. The molecule has 1 aromatic heterocycles. The number of nitrogens with one attached hydrogen (secondary N) is 1. The second-order valence-corrected chi connectivity index (χ2v) is 7.05. The first-order valence-corrected chi connectivity index (χ1v) is 7.72. The van der Waals surface area contributed by atoms with E-state index in [4.69, 9.17) is 4.74 Å². The highest BCUT2D eigenvalue weighted by Gasteiger charge is 2.24. The summed E-state index contributed by atoms with van der Waals surface area (Å²) in [5.74, 6) is 0.814. The van der Waals surface area contributed by atoms with Crippen LogP contribution in [0.5, 0.6) is 0 Å². The molecule has 1 fully saturated rings. The minimum absolute atomic E-state index is 0.0974. The predicted molar refractivity (Wildman–Crippen MR) is 85.6 cm³/mol. The number of nitrogens with zero attached hydrogens (tertiary/aromatic N) is 3. The van der Waals surface area contributed by atoms with Gasteiger partial charge < -0.3 is 15.0 Å². The molecule has 1 saturated heterocycles. The van der Waals surface area contributed by atoms with Gasteiger partial charge in [-0.2, -0.15) is 0 Å². The van der Waals surface area contributed by atoms with E-state index in [1.807, 2.05) is 6.20 Å². The summed E-state index contributed by atoms with van der Waals surface area (Å²) in [5.41, 5.74) is 2.30. The van der Waals surface area contributed by atoms with E-state index in [1.54, 1.807) is 0 Å². The van der Waals surface area contributed by atoms with Crippen LogP contribution in [0.1, 0.15) is 45.9 Å². The van der Waals surface area contributed by atoms with Crippen molar-refractivity contribution in [3.05, 3.63) is 17.5 Å². The van der Waals surface area contributed by atoms with Crippen LogP contribution >= 0.6 is 0 Å². The maximum absolute atomic E-state index is 5.76. The van der Waals surface area contributed by atoms with E-state index in [1.165, 1.54) is 0 Å². The highest BCUT2D eigenvalue weighted by Crippen LogP contribution is 2.18. The van der Waals surface area contributed by atoms with E-state index < -0.39 is 0 Å². The van der Waals surface area contributed by atoms with Crippen LogP contribution in [0.15, 0.2) is 6.20 Å². The summed E-state index contributed by atoms with van der Waals surface area (Å²) in [6.07, 6.45) is 2.39. The SMILES string of the molecule is Cc1nc(N2CC(C)OC(C)C2)ncc1CNC(C)(C)C. The van der Waals surface area contributed by atoms with Crippen molar-refractivity contribution in [2.45, 2.75) is 65.8 Å². The van der Waals surface area contributed by atoms with Gasteiger partial charge in [0, 0.05) is 42.6 Å². The molecule has 0 amide bonds. The van der Waals surface area contributed by atoms with Gasteiger partial charge in [-0.3, -0.25) is 0 Å². The molecule has 21 heavy (non-hydrogen) atoms. The lowest BCUT2D eigenvalue weighted by Crippen LogP contribution is -2.46. The van der Waals surface area contributed by atoms with E-state index in [-0.39, 0.29) is 17.7 Å². The number of rotatable bonds is 3. The lowest BCUT2D eigenvalue weighted by atomic mass is 10.1. The largest absolute Gasteiger partial charge is 0.372 e. The third-order valence-electron chi connectivity index (χ3n) is 3.58. The lowest BCUT2D eigenvalue weighted by molar-refractivity contribution is -0.00573. The van der Waals surface area contributed by atoms with E-state index in [0.717, 1.165) is 36.8 Å². The first-order chi connectivity index (χ1) is 9.74. The van der Waals surface area contributed by atoms with Crippen molar-refractivity contribution in [1.29, 1.82) is 0 Å². The molecule has 1 aromatic rings. The highest BCUT2D eigenvalue weighted by atomic mass is 16.5. The Morgan fingerprint density at radius 2 is 1.90 bits per heavy atom. The fourth-order valence-electron chi connectivity index (χ4n) is 2.51. The summed E-state index contributed by atoms with van der Waals surface area (Å²) >= 11 is 0. The third kappa shape index (κ3) is 4.64. The summed E-state index contributed by atoms with van der Waals surface area (Å²) in [5, 5.41) is 3.48. The Morgan fingerprint density at radius 1 is 1.29 bits per heavy atom. The molecule has 118 valence electrons. The van der Waals surface area contributed by atoms with Gasteiger partial charge >= 0.3 is 0 Å². The Bertz CT molecular complexity index is 474. The first kappa shape index (κ1) is 16.2. The second-order valence-electron chi connectivity index (χ2n) is 7.05. The number of morpholine rings is 1. The topological polar surface area (TPSA) is 50.3 Å². The van der Waals surface area contributed by atoms with E-state index >= 15 is 0 Å². The number of anilines is 1. The molecule has 0 saturated carbocycles. The molecule has 1 aliphatic heterocycles. The summed E-state index contributed by atoms with van der Waals surface area (Å²) in [7, 11) is 0. The second kappa shape index (κ2) is 6.28. The van der Waals surface area contributed by atoms with Crippen LogP contribution in [0, 0.1) is 6.92 Å². The zero-order valence-corrected chi connectivity index (χ0v) is 14.1. The van der Waals surface area contributed by atoms with Crippen molar-refractivity contribution in [1.82, 2.24) is 15.3 Å². The zero-order chi connectivity index (χ0) is 15.6. The maximum Gasteiger partial charge on any atom is 0.225 e. The molecule has 0 aromatic carbocycles. The molecule has 2 atom stereocenters. The molecule has 0 aliphatic carbocycles. The van der Waals surface area contributed by atoms with Gasteiger partial charge in [-0.25, -0.2) is 9.97 Å². The van der Waals surface area contributed by atoms with Gasteiger partial charge in [-0.15, -0.1) is 0 Å². The molecular formula is C16H28N4O. The minimum Gasteiger partial charge on any atom is -0.372 e. The smallest absolute Gasteiger partial charge is 0.225 e. The maximum atomic E-state index is 5.76. The van der Waals surface area contributed by atoms with Crippen molar-refractivity contribution < 1.29 is 4.74 Å². The lowest BCUT2D eigenvalue weighted by Gasteiger charge is -2.35. The Labute approximate surface area is 128 Å². The summed E-state index contributed by atoms with van der Waals surface area (Å²) in [4.78, 5) is 11.5. The Morgan fingerprint density at radius 3 is 2.43 bits per heavy atom. The number of aromatic nitrogens is 2. The van der Waals surface area contributed by atoms with Crippen molar-refractivity contribution >= 4 is 5.95 Å². The number of aryl methyl sites for hydroxylation is 1. The van der Waals surface area contributed by atoms with Crippen molar-refractivity contribution in [2.24, 2.45) is 0 Å². The Balaban J connectivity index is 2.08. The number of ether oxygens (including phenoxy) is 1. The van der Waals surface area contributed by atoms with Crippen molar-refractivity contribution in [2.75, 3.05) is 18.0 Å². The first-order valence-electron chi connectivity index (χ1n) is 7.72. The van der Waals surface area contributed by atoms with Gasteiger partial charge in [0.15, 0.2) is 0 Å². The van der Waals surface area contributed by atoms with E-state index in [9.17, 15) is 0 Å². The van der Waals surface area contributed by atoms with Crippen LogP contribution in [0.4, 0.5) is 5.95 Å². The molecule has 0 spiro atoms. The molecule has 0 bridgehead atoms. The number of hydrogen-bond acceptors (Lipinski definition) is 5. The monoisotopic (exact) mass is 292 g/mol. The summed E-state index contributed by atoms with van der Waals surface area (Å²) in [6, 6.07) is 0. The predicted octanol–water partition coefficient (Wildman–Crippen LogP) is 2.29. The normalized spacial score (nSPS) is 23.4. The molecular weight excluding hydrogens is 264 g/mol. The molecule has 1 aliphatic rings. The third-order valence-corrected chi connectivity index (χ3v) is 3.58. The molecule has 2 unspecified atom stereocenters. The van der Waals surface area contributed by atoms with Crippen LogP contribution < -0.4 is 10.2 Å². The quantitative estimate of drug-likeness (QED) is 0.926. The van der Waals surface area contributed by atoms with Gasteiger partial charge in [0.25, 0.3) is 0 Å². The molecule has 2 rings (SSSR count). The van der Waals surface area contributed by atoms with Crippen LogP contribution in [0.3, 0.4) is 0 Å². The molecule has 5 nitrogen and oxygen atoms in total. The standard InChI is InChI=1S/C16H28N4O/c1-11-9-20(10-12(2)21-11)15-17-7-14(13(3)19-15)8-18-16(4,5)6/h7,11-12,18H,8-10H2,1-6H3. The average Bonchev–Trinajstić information content (AvgIpc) is 2.35. The molecule has 5 heteroatoms. The fourth-order valence-corrected chi connectivity index (χ4v) is 2.51. The van der Waals surface area contributed by atoms with Gasteiger partial charge in [-0.05, 0) is 41.5 Å². The van der Waals surface area contributed by atoms with Crippen LogP contribution in [0.2, 0.25) is 0 Å². The zero-order valence-electron chi connectivity index (χ0n) is 14.1. The Hall–Kier alpha value is -1.20. The molecule has 0 radical (unpaired) electrons. The number of hydrogen-bond donors (Lipinski definition) is 1. The van der Waals surface area contributed by atoms with E-state index in [2.05, 4.69) is 61.7 Å². The van der Waals surface area contributed by atoms with Crippen LogP contribution in [-0.4, -0.2) is 40.8 Å². The highest BCUT2D eigenvalue weighted by molar-refractivity contribution is 5.34. The van der Waals surface area contributed by atoms with E-state index in [0.29, 0.717) is 0 Å². The average molecular weight is 292 g/mol. The van der Waals surface area contributed by atoms with Gasteiger partial charge in [0.1, 0.15) is 0 Å². The Kier molecular flexibility index (Phi) is 4.84. The van der Waals surface area contributed by atoms with Gasteiger partial charge in [0.2, 0.25) is 5.95 Å².